The summed E-state index contributed by atoms with van der Waals surface area (Å²) in [5.41, 5.74) is 0.965. The van der Waals surface area contributed by atoms with Crippen molar-refractivity contribution in [1.29, 1.82) is 0 Å². The fourth-order valence-electron chi connectivity index (χ4n) is 2.40. The SMILES string of the molecule is Cc1c(CC(=O)Nc2cccnc2)c(=O)oc2cc(O)c(Cl)cc12. The number of anilines is 1. The van der Waals surface area contributed by atoms with E-state index in [9.17, 15) is 14.7 Å². The van der Waals surface area contributed by atoms with Gasteiger partial charge in [-0.3, -0.25) is 9.78 Å². The smallest absolute Gasteiger partial charge is 0.340 e. The molecule has 24 heavy (non-hydrogen) atoms. The summed E-state index contributed by atoms with van der Waals surface area (Å²) >= 11 is 5.91. The maximum Gasteiger partial charge on any atom is 0.340 e. The minimum atomic E-state index is -0.622. The second-order valence-corrected chi connectivity index (χ2v) is 5.67. The van der Waals surface area contributed by atoms with Crippen LogP contribution in [0.1, 0.15) is 11.1 Å². The van der Waals surface area contributed by atoms with E-state index in [1.54, 1.807) is 25.3 Å². The van der Waals surface area contributed by atoms with Crippen molar-refractivity contribution in [3.63, 3.8) is 0 Å². The van der Waals surface area contributed by atoms with Gasteiger partial charge in [0.15, 0.2) is 0 Å². The molecule has 0 aliphatic heterocycles. The van der Waals surface area contributed by atoms with Gasteiger partial charge in [-0.15, -0.1) is 0 Å². The lowest BCUT2D eigenvalue weighted by Gasteiger charge is -2.09. The molecule has 7 heteroatoms. The molecule has 0 radical (unpaired) electrons. The first-order valence-corrected chi connectivity index (χ1v) is 7.48. The van der Waals surface area contributed by atoms with Gasteiger partial charge in [-0.2, -0.15) is 0 Å². The van der Waals surface area contributed by atoms with Crippen molar-refractivity contribution < 1.29 is 14.3 Å². The van der Waals surface area contributed by atoms with E-state index in [0.717, 1.165) is 0 Å². The number of halogens is 1. The molecule has 0 saturated carbocycles. The Morgan fingerprint density at radius 1 is 1.42 bits per heavy atom. The molecular formula is C17H13ClN2O4. The van der Waals surface area contributed by atoms with Crippen LogP contribution in [0.5, 0.6) is 5.75 Å². The number of phenolic OH excluding ortho intramolecular Hbond substituents is 1. The van der Waals surface area contributed by atoms with Crippen LogP contribution in [0, 0.1) is 6.92 Å². The van der Waals surface area contributed by atoms with Crippen molar-refractivity contribution in [3.8, 4) is 5.75 Å². The number of nitrogens with zero attached hydrogens (tertiary/aromatic N) is 1. The Morgan fingerprint density at radius 2 is 2.21 bits per heavy atom. The number of aromatic nitrogens is 1. The Hall–Kier alpha value is -2.86. The number of pyridine rings is 1. The van der Waals surface area contributed by atoms with Crippen LogP contribution >= 0.6 is 11.6 Å². The van der Waals surface area contributed by atoms with Crippen LogP contribution in [0.4, 0.5) is 5.69 Å². The molecule has 0 aliphatic carbocycles. The maximum atomic E-state index is 12.2. The van der Waals surface area contributed by atoms with Crippen molar-refractivity contribution in [2.24, 2.45) is 0 Å². The van der Waals surface area contributed by atoms with Crippen molar-refractivity contribution in [2.75, 3.05) is 5.32 Å². The van der Waals surface area contributed by atoms with E-state index in [4.69, 9.17) is 16.0 Å². The monoisotopic (exact) mass is 344 g/mol. The third-order valence-electron chi connectivity index (χ3n) is 3.64. The summed E-state index contributed by atoms with van der Waals surface area (Å²) in [6.45, 7) is 1.71. The van der Waals surface area contributed by atoms with E-state index in [2.05, 4.69) is 10.3 Å². The van der Waals surface area contributed by atoms with Gasteiger partial charge in [0.05, 0.1) is 28.9 Å². The Morgan fingerprint density at radius 3 is 2.92 bits per heavy atom. The lowest BCUT2D eigenvalue weighted by Crippen LogP contribution is -2.20. The number of benzene rings is 1. The largest absolute Gasteiger partial charge is 0.506 e. The third-order valence-corrected chi connectivity index (χ3v) is 3.94. The van der Waals surface area contributed by atoms with Gasteiger partial charge >= 0.3 is 5.63 Å². The van der Waals surface area contributed by atoms with E-state index in [1.165, 1.54) is 18.3 Å². The van der Waals surface area contributed by atoms with Crippen LogP contribution in [0.25, 0.3) is 11.0 Å². The second kappa shape index (κ2) is 6.33. The summed E-state index contributed by atoms with van der Waals surface area (Å²) < 4.78 is 5.19. The molecule has 0 aliphatic rings. The van der Waals surface area contributed by atoms with Crippen molar-refractivity contribution >= 4 is 34.2 Å². The highest BCUT2D eigenvalue weighted by molar-refractivity contribution is 6.32. The Balaban J connectivity index is 1.96. The van der Waals surface area contributed by atoms with Gasteiger partial charge in [0, 0.05) is 17.6 Å². The highest BCUT2D eigenvalue weighted by Crippen LogP contribution is 2.30. The number of carbonyl (C=O) groups is 1. The number of fused-ring (bicyclic) bond motifs is 1. The molecule has 2 aromatic heterocycles. The first kappa shape index (κ1) is 16.0. The van der Waals surface area contributed by atoms with E-state index in [-0.39, 0.29) is 34.2 Å². The highest BCUT2D eigenvalue weighted by Gasteiger charge is 2.16. The molecule has 6 nitrogen and oxygen atoms in total. The molecule has 1 aromatic carbocycles. The molecule has 0 unspecified atom stereocenters. The number of rotatable bonds is 3. The summed E-state index contributed by atoms with van der Waals surface area (Å²) in [6.07, 6.45) is 2.96. The average Bonchev–Trinajstić information content (AvgIpc) is 2.55. The highest BCUT2D eigenvalue weighted by atomic mass is 35.5. The molecule has 0 saturated heterocycles. The molecule has 3 rings (SSSR count). The van der Waals surface area contributed by atoms with E-state index in [1.807, 2.05) is 0 Å². The fraction of sp³-hybridized carbons (Fsp3) is 0.118. The molecule has 1 amide bonds. The Kier molecular flexibility index (Phi) is 4.22. The molecule has 3 aromatic rings. The van der Waals surface area contributed by atoms with Gasteiger partial charge < -0.3 is 14.8 Å². The number of hydrogen-bond acceptors (Lipinski definition) is 5. The number of aromatic hydroxyl groups is 1. The van der Waals surface area contributed by atoms with Gasteiger partial charge in [-0.1, -0.05) is 11.6 Å². The standard InChI is InChI=1S/C17H13ClN2O4/c1-9-11-5-13(18)14(21)7-15(11)24-17(23)12(9)6-16(22)20-10-3-2-4-19-8-10/h2-5,7-8,21H,6H2,1H3,(H,20,22). The molecule has 2 heterocycles. The molecule has 0 atom stereocenters. The molecular weight excluding hydrogens is 332 g/mol. The van der Waals surface area contributed by atoms with Crippen LogP contribution in [0.3, 0.4) is 0 Å². The van der Waals surface area contributed by atoms with Crippen LogP contribution in [-0.2, 0) is 11.2 Å². The van der Waals surface area contributed by atoms with Gasteiger partial charge in [0.25, 0.3) is 0 Å². The summed E-state index contributed by atoms with van der Waals surface area (Å²) in [6, 6.07) is 6.18. The van der Waals surface area contributed by atoms with Crippen LogP contribution < -0.4 is 10.9 Å². The zero-order valence-electron chi connectivity index (χ0n) is 12.7. The van der Waals surface area contributed by atoms with E-state index in [0.29, 0.717) is 16.6 Å². The maximum absolute atomic E-state index is 12.2. The van der Waals surface area contributed by atoms with Gasteiger partial charge in [0.2, 0.25) is 5.91 Å². The van der Waals surface area contributed by atoms with Crippen LogP contribution in [-0.4, -0.2) is 16.0 Å². The van der Waals surface area contributed by atoms with E-state index >= 15 is 0 Å². The molecule has 0 spiro atoms. The quantitative estimate of drug-likeness (QED) is 0.712. The number of nitrogens with one attached hydrogen (secondary N) is 1. The Bertz CT molecular complexity index is 983. The lowest BCUT2D eigenvalue weighted by atomic mass is 10.0. The predicted molar refractivity (Wildman–Crippen MR) is 90.5 cm³/mol. The first-order valence-electron chi connectivity index (χ1n) is 7.10. The normalized spacial score (nSPS) is 10.8. The summed E-state index contributed by atoms with van der Waals surface area (Å²) in [7, 11) is 0. The lowest BCUT2D eigenvalue weighted by molar-refractivity contribution is -0.115. The molecule has 122 valence electrons. The molecule has 0 bridgehead atoms. The number of carbonyl (C=O) groups excluding carboxylic acids is 1. The number of aryl methyl sites for hydroxylation is 1. The predicted octanol–water partition coefficient (Wildman–Crippen LogP) is 3.04. The van der Waals surface area contributed by atoms with Crippen molar-refractivity contribution in [2.45, 2.75) is 13.3 Å². The fourth-order valence-corrected chi connectivity index (χ4v) is 2.57. The summed E-state index contributed by atoms with van der Waals surface area (Å²) in [5.74, 6) is -0.531. The first-order chi connectivity index (χ1) is 11.5. The number of hydrogen-bond donors (Lipinski definition) is 2. The van der Waals surface area contributed by atoms with Gasteiger partial charge in [-0.25, -0.2) is 4.79 Å². The number of amides is 1. The second-order valence-electron chi connectivity index (χ2n) is 5.26. The third kappa shape index (κ3) is 3.09. The molecule has 0 fully saturated rings. The Labute approximate surface area is 141 Å². The minimum absolute atomic E-state index is 0.141. The van der Waals surface area contributed by atoms with E-state index < -0.39 is 5.63 Å². The molecule has 2 N–H and O–H groups in total. The van der Waals surface area contributed by atoms with Crippen molar-refractivity contribution in [3.05, 3.63) is 63.2 Å². The van der Waals surface area contributed by atoms with Gasteiger partial charge in [0.1, 0.15) is 11.3 Å². The zero-order chi connectivity index (χ0) is 17.3. The summed E-state index contributed by atoms with van der Waals surface area (Å²) in [5, 5.41) is 13.0. The summed E-state index contributed by atoms with van der Waals surface area (Å²) in [4.78, 5) is 28.2. The topological polar surface area (TPSA) is 92.4 Å². The van der Waals surface area contributed by atoms with Crippen LogP contribution in [0.15, 0.2) is 45.9 Å². The zero-order valence-corrected chi connectivity index (χ0v) is 13.4. The van der Waals surface area contributed by atoms with Crippen LogP contribution in [0.2, 0.25) is 5.02 Å². The van der Waals surface area contributed by atoms with Gasteiger partial charge in [-0.05, 0) is 30.7 Å². The minimum Gasteiger partial charge on any atom is -0.506 e. The van der Waals surface area contributed by atoms with Crippen molar-refractivity contribution in [1.82, 2.24) is 4.98 Å². The number of phenols is 1. The average molecular weight is 345 g/mol.